The zero-order valence-electron chi connectivity index (χ0n) is 17.4. The molecule has 0 aliphatic carbocycles. The predicted octanol–water partition coefficient (Wildman–Crippen LogP) is 3.41. The molecule has 0 aromatic heterocycles. The molecule has 4 N–H and O–H groups in total. The second-order valence-corrected chi connectivity index (χ2v) is 8.31. The van der Waals surface area contributed by atoms with Crippen LogP contribution in [0, 0.1) is 10.8 Å². The molecule has 0 saturated carbocycles. The molecule has 0 aromatic carbocycles. The van der Waals surface area contributed by atoms with Gasteiger partial charge in [0.25, 0.3) is 0 Å². The Balaban J connectivity index is 2.55. The molecule has 1 fully saturated rings. The maximum Gasteiger partial charge on any atom is 0.390 e. The number of aliphatic hydroxyl groups excluding tert-OH is 1. The number of carbonyl (C=O) groups is 1. The van der Waals surface area contributed by atoms with Crippen molar-refractivity contribution < 1.29 is 32.5 Å². The van der Waals surface area contributed by atoms with E-state index in [1.165, 1.54) is 13.8 Å². The van der Waals surface area contributed by atoms with Crippen LogP contribution in [0.15, 0.2) is 12.0 Å². The molecule has 7 nitrogen and oxygen atoms in total. The first-order valence-corrected chi connectivity index (χ1v) is 9.59. The molecule has 0 bridgehead atoms. The predicted molar refractivity (Wildman–Crippen MR) is 103 cm³/mol. The van der Waals surface area contributed by atoms with Crippen molar-refractivity contribution in [3.05, 3.63) is 12.0 Å². The lowest BCUT2D eigenvalue weighted by atomic mass is 9.88. The van der Waals surface area contributed by atoms with Crippen molar-refractivity contribution in [3.63, 3.8) is 0 Å². The van der Waals surface area contributed by atoms with Crippen molar-refractivity contribution >= 4 is 11.6 Å². The molecule has 0 spiro atoms. The molecule has 1 atom stereocenters. The summed E-state index contributed by atoms with van der Waals surface area (Å²) in [5.74, 6) is -1.28. The van der Waals surface area contributed by atoms with Crippen LogP contribution in [0.3, 0.4) is 0 Å². The van der Waals surface area contributed by atoms with Crippen molar-refractivity contribution in [2.24, 2.45) is 5.41 Å². The molecule has 1 saturated heterocycles. The first-order chi connectivity index (χ1) is 13.2. The van der Waals surface area contributed by atoms with E-state index in [0.717, 1.165) is 25.3 Å². The monoisotopic (exact) mass is 423 g/mol. The fourth-order valence-corrected chi connectivity index (χ4v) is 2.46. The molecule has 1 heterocycles. The van der Waals surface area contributed by atoms with E-state index in [1.54, 1.807) is 13.8 Å². The molecular weight excluding hydrogens is 391 g/mol. The van der Waals surface area contributed by atoms with E-state index < -0.39 is 41.9 Å². The smallest absolute Gasteiger partial charge is 0.390 e. The van der Waals surface area contributed by atoms with E-state index >= 15 is 0 Å². The van der Waals surface area contributed by atoms with Gasteiger partial charge in [-0.3, -0.25) is 10.1 Å². The van der Waals surface area contributed by atoms with E-state index in [0.29, 0.717) is 6.61 Å². The summed E-state index contributed by atoms with van der Waals surface area (Å²) in [5.41, 5.74) is -2.07. The SMILES string of the molecule is CC(C)(COC1CCCCO1)C(=N)/C=C(\O)NC(=O)C(C)(C)NCCC(F)(F)F. The standard InChI is InChI=1S/C19H32F3N3O4/c1-17(2,12-29-15-7-5-6-10-28-15)13(23)11-14(26)25-16(27)18(3,4)24-9-8-19(20,21)22/h11,15,23-24,26H,5-10,12H2,1-4H3,(H,25,27)/b14-11-,23-13?. The highest BCUT2D eigenvalue weighted by Crippen LogP contribution is 2.22. The second kappa shape index (κ2) is 10.4. The molecule has 0 radical (unpaired) electrons. The number of halogens is 3. The molecule has 1 aliphatic rings. The largest absolute Gasteiger partial charge is 0.494 e. The summed E-state index contributed by atoms with van der Waals surface area (Å²) in [6.07, 6.45) is -1.82. The summed E-state index contributed by atoms with van der Waals surface area (Å²) >= 11 is 0. The minimum Gasteiger partial charge on any atom is -0.494 e. The maximum atomic E-state index is 12.2. The summed E-state index contributed by atoms with van der Waals surface area (Å²) < 4.78 is 47.9. The first kappa shape index (κ1) is 25.4. The summed E-state index contributed by atoms with van der Waals surface area (Å²) in [7, 11) is 0. The fraction of sp³-hybridized carbons (Fsp3) is 0.789. The third-order valence-corrected chi connectivity index (χ3v) is 4.56. The van der Waals surface area contributed by atoms with Crippen molar-refractivity contribution in [1.29, 1.82) is 5.41 Å². The van der Waals surface area contributed by atoms with E-state index in [-0.39, 0.29) is 18.6 Å². The van der Waals surface area contributed by atoms with Gasteiger partial charge in [0.2, 0.25) is 5.91 Å². The third kappa shape index (κ3) is 9.60. The number of nitrogens with one attached hydrogen (secondary N) is 3. The number of allylic oxidation sites excluding steroid dienone is 1. The van der Waals surface area contributed by atoms with E-state index in [9.17, 15) is 23.1 Å². The van der Waals surface area contributed by atoms with Gasteiger partial charge in [-0.05, 0) is 33.1 Å². The Kier molecular flexibility index (Phi) is 9.10. The number of carbonyl (C=O) groups excluding carboxylic acids is 1. The van der Waals surface area contributed by atoms with Gasteiger partial charge >= 0.3 is 6.18 Å². The minimum absolute atomic E-state index is 0.0222. The van der Waals surface area contributed by atoms with Crippen molar-refractivity contribution in [3.8, 4) is 0 Å². The number of hydrogen-bond acceptors (Lipinski definition) is 6. The molecule has 168 valence electrons. The van der Waals surface area contributed by atoms with E-state index in [1.807, 2.05) is 0 Å². The first-order valence-electron chi connectivity index (χ1n) is 9.59. The summed E-state index contributed by atoms with van der Waals surface area (Å²) in [6, 6.07) is 0. The van der Waals surface area contributed by atoms with Gasteiger partial charge in [-0.1, -0.05) is 13.8 Å². The van der Waals surface area contributed by atoms with E-state index in [4.69, 9.17) is 14.9 Å². The number of amides is 1. The van der Waals surface area contributed by atoms with Gasteiger partial charge in [-0.15, -0.1) is 0 Å². The maximum absolute atomic E-state index is 12.2. The fourth-order valence-electron chi connectivity index (χ4n) is 2.46. The third-order valence-electron chi connectivity index (χ3n) is 4.56. The van der Waals surface area contributed by atoms with Crippen LogP contribution in [-0.4, -0.2) is 54.5 Å². The van der Waals surface area contributed by atoms with Gasteiger partial charge in [-0.25, -0.2) is 0 Å². The van der Waals surface area contributed by atoms with E-state index in [2.05, 4.69) is 10.6 Å². The topological polar surface area (TPSA) is 104 Å². The van der Waals surface area contributed by atoms with Gasteiger partial charge in [0.15, 0.2) is 12.2 Å². The molecular formula is C19H32F3N3O4. The molecule has 1 amide bonds. The lowest BCUT2D eigenvalue weighted by molar-refractivity contribution is -0.171. The van der Waals surface area contributed by atoms with Gasteiger partial charge in [-0.2, -0.15) is 13.2 Å². The highest BCUT2D eigenvalue weighted by atomic mass is 19.4. The van der Waals surface area contributed by atoms with Crippen LogP contribution in [0.2, 0.25) is 0 Å². The lowest BCUT2D eigenvalue weighted by Crippen LogP contribution is -2.53. The molecule has 1 unspecified atom stereocenters. The summed E-state index contributed by atoms with van der Waals surface area (Å²) in [4.78, 5) is 12.2. The molecule has 1 aliphatic heterocycles. The number of alkyl halides is 3. The van der Waals surface area contributed by atoms with Crippen LogP contribution in [0.1, 0.15) is 53.4 Å². The van der Waals surface area contributed by atoms with Crippen LogP contribution in [0.4, 0.5) is 13.2 Å². The Morgan fingerprint density at radius 2 is 1.93 bits per heavy atom. The average Bonchev–Trinajstić information content (AvgIpc) is 2.59. The quantitative estimate of drug-likeness (QED) is 0.318. The highest BCUT2D eigenvalue weighted by Gasteiger charge is 2.32. The second-order valence-electron chi connectivity index (χ2n) is 8.31. The number of ether oxygens (including phenoxy) is 2. The summed E-state index contributed by atoms with van der Waals surface area (Å²) in [6.45, 7) is 6.72. The average molecular weight is 423 g/mol. The van der Waals surface area contributed by atoms with Crippen LogP contribution < -0.4 is 10.6 Å². The van der Waals surface area contributed by atoms with Crippen LogP contribution >= 0.6 is 0 Å². The van der Waals surface area contributed by atoms with Crippen LogP contribution in [0.5, 0.6) is 0 Å². The molecule has 1 rings (SSSR count). The van der Waals surface area contributed by atoms with Gasteiger partial charge in [0.1, 0.15) is 0 Å². The number of rotatable bonds is 10. The van der Waals surface area contributed by atoms with Crippen molar-refractivity contribution in [2.75, 3.05) is 19.8 Å². The van der Waals surface area contributed by atoms with Crippen LogP contribution in [0.25, 0.3) is 0 Å². The van der Waals surface area contributed by atoms with Crippen molar-refractivity contribution in [1.82, 2.24) is 10.6 Å². The molecule has 0 aromatic rings. The highest BCUT2D eigenvalue weighted by molar-refractivity contribution is 5.98. The summed E-state index contributed by atoms with van der Waals surface area (Å²) in [5, 5.41) is 22.9. The lowest BCUT2D eigenvalue weighted by Gasteiger charge is -2.29. The number of aliphatic hydroxyl groups is 1. The van der Waals surface area contributed by atoms with Gasteiger partial charge in [0, 0.05) is 30.4 Å². The zero-order chi connectivity index (χ0) is 22.3. The number of hydrogen-bond donors (Lipinski definition) is 4. The molecule has 10 heteroatoms. The Morgan fingerprint density at radius 3 is 2.48 bits per heavy atom. The van der Waals surface area contributed by atoms with Crippen LogP contribution in [-0.2, 0) is 14.3 Å². The Morgan fingerprint density at radius 1 is 1.28 bits per heavy atom. The van der Waals surface area contributed by atoms with Gasteiger partial charge < -0.3 is 25.3 Å². The Labute approximate surface area is 169 Å². The van der Waals surface area contributed by atoms with Gasteiger partial charge in [0.05, 0.1) is 18.6 Å². The molecule has 29 heavy (non-hydrogen) atoms. The Bertz CT molecular complexity index is 598. The zero-order valence-corrected chi connectivity index (χ0v) is 17.4. The van der Waals surface area contributed by atoms with Crippen molar-refractivity contribution in [2.45, 2.75) is 71.4 Å². The normalized spacial score (nSPS) is 19.1. The minimum atomic E-state index is -4.33. The Hall–Kier alpha value is -1.65.